The number of aromatic nitrogens is 2. The maximum atomic E-state index is 12.6. The van der Waals surface area contributed by atoms with E-state index in [1.807, 2.05) is 0 Å². The number of ether oxygens (including phenoxy) is 1. The molecule has 0 aromatic carbocycles. The second-order valence-corrected chi connectivity index (χ2v) is 7.33. The molecule has 0 saturated carbocycles. The lowest BCUT2D eigenvalue weighted by Crippen LogP contribution is -2.49. The van der Waals surface area contributed by atoms with Crippen LogP contribution in [0.5, 0.6) is 5.88 Å². The minimum Gasteiger partial charge on any atom is -0.472 e. The molecule has 0 N–H and O–H groups in total. The summed E-state index contributed by atoms with van der Waals surface area (Å²) in [5.74, 6) is 0.447. The summed E-state index contributed by atoms with van der Waals surface area (Å²) in [6.45, 7) is 2.22. The Morgan fingerprint density at radius 2 is 1.86 bits per heavy atom. The second-order valence-electron chi connectivity index (χ2n) is 5.40. The molecule has 21 heavy (non-hydrogen) atoms. The van der Waals surface area contributed by atoms with Gasteiger partial charge < -0.3 is 4.74 Å². The van der Waals surface area contributed by atoms with E-state index in [0.717, 1.165) is 25.7 Å². The molecule has 0 amide bonds. The number of piperidine rings is 1. The summed E-state index contributed by atoms with van der Waals surface area (Å²) in [4.78, 5) is 8.03. The topological polar surface area (TPSA) is 75.6 Å². The summed E-state index contributed by atoms with van der Waals surface area (Å²) in [5.41, 5.74) is 0. The van der Waals surface area contributed by atoms with Gasteiger partial charge in [0.15, 0.2) is 0 Å². The molecule has 0 radical (unpaired) electrons. The minimum atomic E-state index is -3.34. The van der Waals surface area contributed by atoms with Gasteiger partial charge in [0.2, 0.25) is 5.88 Å². The minimum absolute atomic E-state index is 0.159. The van der Waals surface area contributed by atoms with Crippen molar-refractivity contribution in [1.82, 2.24) is 18.6 Å². The average molecular weight is 312 g/mol. The molecule has 0 bridgehead atoms. The first-order chi connectivity index (χ1) is 10.2. The van der Waals surface area contributed by atoms with Crippen molar-refractivity contribution in [2.75, 3.05) is 26.2 Å². The molecule has 2 aliphatic heterocycles. The first kappa shape index (κ1) is 14.7. The predicted molar refractivity (Wildman–Crippen MR) is 77.0 cm³/mol. The van der Waals surface area contributed by atoms with Crippen LogP contribution >= 0.6 is 0 Å². The molecule has 1 atom stereocenters. The van der Waals surface area contributed by atoms with Crippen LogP contribution in [0, 0.1) is 0 Å². The first-order valence-electron chi connectivity index (χ1n) is 7.34. The highest BCUT2D eigenvalue weighted by Gasteiger charge is 2.35. The molecule has 1 aromatic heterocycles. The van der Waals surface area contributed by atoms with Crippen molar-refractivity contribution in [3.05, 3.63) is 18.6 Å². The van der Waals surface area contributed by atoms with Gasteiger partial charge in [0.1, 0.15) is 6.10 Å². The third-order valence-corrected chi connectivity index (χ3v) is 5.89. The van der Waals surface area contributed by atoms with Crippen LogP contribution in [0.1, 0.15) is 25.7 Å². The van der Waals surface area contributed by atoms with E-state index in [1.54, 1.807) is 27.2 Å². The summed E-state index contributed by atoms with van der Waals surface area (Å²) >= 11 is 0. The molecule has 1 unspecified atom stereocenters. The first-order valence-corrected chi connectivity index (χ1v) is 8.74. The Bertz CT molecular complexity index is 560. The van der Waals surface area contributed by atoms with Crippen molar-refractivity contribution in [3.63, 3.8) is 0 Å². The van der Waals surface area contributed by atoms with E-state index in [4.69, 9.17) is 4.74 Å². The standard InChI is InChI=1S/C13H20N4O3S/c18-21(19,16-7-1-2-8-16)17-9-3-4-12(11-17)20-13-10-14-5-6-15-13/h5-6,10,12H,1-4,7-9,11H2. The van der Waals surface area contributed by atoms with E-state index in [0.29, 0.717) is 32.1 Å². The fraction of sp³-hybridized carbons (Fsp3) is 0.692. The van der Waals surface area contributed by atoms with Crippen molar-refractivity contribution >= 4 is 10.2 Å². The van der Waals surface area contributed by atoms with Gasteiger partial charge in [-0.3, -0.25) is 4.98 Å². The van der Waals surface area contributed by atoms with Gasteiger partial charge in [-0.2, -0.15) is 17.0 Å². The Balaban J connectivity index is 1.65. The summed E-state index contributed by atoms with van der Waals surface area (Å²) in [6.07, 6.45) is 8.08. The van der Waals surface area contributed by atoms with Crippen molar-refractivity contribution in [3.8, 4) is 5.88 Å². The second kappa shape index (κ2) is 6.25. The Labute approximate surface area is 125 Å². The predicted octanol–water partition coefficient (Wildman–Crippen LogP) is 0.660. The molecule has 2 saturated heterocycles. The zero-order valence-electron chi connectivity index (χ0n) is 11.9. The van der Waals surface area contributed by atoms with Gasteiger partial charge in [0, 0.05) is 32.0 Å². The van der Waals surface area contributed by atoms with Gasteiger partial charge in [-0.15, -0.1) is 0 Å². The Kier molecular flexibility index (Phi) is 4.37. The molecule has 3 heterocycles. The van der Waals surface area contributed by atoms with E-state index < -0.39 is 10.2 Å². The van der Waals surface area contributed by atoms with Crippen molar-refractivity contribution in [2.45, 2.75) is 31.8 Å². The summed E-state index contributed by atoms with van der Waals surface area (Å²) in [6, 6.07) is 0. The van der Waals surface area contributed by atoms with Gasteiger partial charge in [-0.05, 0) is 25.7 Å². The molecule has 7 nitrogen and oxygen atoms in total. The van der Waals surface area contributed by atoms with Gasteiger partial charge in [-0.25, -0.2) is 4.98 Å². The van der Waals surface area contributed by atoms with Gasteiger partial charge in [0.05, 0.1) is 12.7 Å². The van der Waals surface area contributed by atoms with Gasteiger partial charge in [0.25, 0.3) is 10.2 Å². The highest BCUT2D eigenvalue weighted by Crippen LogP contribution is 2.22. The van der Waals surface area contributed by atoms with E-state index in [-0.39, 0.29) is 6.10 Å². The lowest BCUT2D eigenvalue weighted by atomic mass is 10.1. The van der Waals surface area contributed by atoms with Crippen molar-refractivity contribution < 1.29 is 13.2 Å². The highest BCUT2D eigenvalue weighted by atomic mass is 32.2. The third kappa shape index (κ3) is 3.33. The maximum Gasteiger partial charge on any atom is 0.282 e. The number of hydrogen-bond acceptors (Lipinski definition) is 5. The fourth-order valence-corrected chi connectivity index (χ4v) is 4.57. The van der Waals surface area contributed by atoms with E-state index in [2.05, 4.69) is 9.97 Å². The number of rotatable bonds is 4. The molecule has 8 heteroatoms. The SMILES string of the molecule is O=S(=O)(N1CCCC1)N1CCCC(Oc2cnccn2)C1. The van der Waals surface area contributed by atoms with Gasteiger partial charge in [-0.1, -0.05) is 0 Å². The van der Waals surface area contributed by atoms with E-state index in [1.165, 1.54) is 0 Å². The normalized spacial score (nSPS) is 25.0. The molecule has 1 aromatic rings. The monoisotopic (exact) mass is 312 g/mol. The van der Waals surface area contributed by atoms with Crippen LogP contribution < -0.4 is 4.74 Å². The molecule has 0 aliphatic carbocycles. The zero-order valence-corrected chi connectivity index (χ0v) is 12.7. The van der Waals surface area contributed by atoms with Crippen LogP contribution in [0.2, 0.25) is 0 Å². The zero-order chi connectivity index (χ0) is 14.7. The van der Waals surface area contributed by atoms with Crippen LogP contribution in [0.4, 0.5) is 0 Å². The van der Waals surface area contributed by atoms with Crippen LogP contribution in [0.25, 0.3) is 0 Å². The van der Waals surface area contributed by atoms with E-state index >= 15 is 0 Å². The highest BCUT2D eigenvalue weighted by molar-refractivity contribution is 7.86. The quantitative estimate of drug-likeness (QED) is 0.816. The third-order valence-electron chi connectivity index (χ3n) is 3.89. The van der Waals surface area contributed by atoms with Crippen LogP contribution in [0.15, 0.2) is 18.6 Å². The van der Waals surface area contributed by atoms with Crippen LogP contribution in [-0.2, 0) is 10.2 Å². The maximum absolute atomic E-state index is 12.6. The largest absolute Gasteiger partial charge is 0.472 e. The summed E-state index contributed by atoms with van der Waals surface area (Å²) < 4.78 is 34.0. The number of hydrogen-bond donors (Lipinski definition) is 0. The molecular weight excluding hydrogens is 292 g/mol. The van der Waals surface area contributed by atoms with Crippen LogP contribution in [-0.4, -0.2) is 59.3 Å². The van der Waals surface area contributed by atoms with Gasteiger partial charge >= 0.3 is 0 Å². The number of nitrogens with zero attached hydrogens (tertiary/aromatic N) is 4. The average Bonchev–Trinajstić information content (AvgIpc) is 3.04. The van der Waals surface area contributed by atoms with Crippen molar-refractivity contribution in [1.29, 1.82) is 0 Å². The lowest BCUT2D eigenvalue weighted by Gasteiger charge is -2.34. The Hall–Kier alpha value is -1.25. The smallest absolute Gasteiger partial charge is 0.282 e. The summed E-state index contributed by atoms with van der Waals surface area (Å²) in [5, 5.41) is 0. The summed E-state index contributed by atoms with van der Waals surface area (Å²) in [7, 11) is -3.34. The Morgan fingerprint density at radius 1 is 1.10 bits per heavy atom. The van der Waals surface area contributed by atoms with E-state index in [9.17, 15) is 8.42 Å². The van der Waals surface area contributed by atoms with Crippen LogP contribution in [0.3, 0.4) is 0 Å². The van der Waals surface area contributed by atoms with Crippen molar-refractivity contribution in [2.24, 2.45) is 0 Å². The molecule has 2 fully saturated rings. The molecule has 116 valence electrons. The fourth-order valence-electron chi connectivity index (χ4n) is 2.81. The molecule has 0 spiro atoms. The Morgan fingerprint density at radius 3 is 2.57 bits per heavy atom. The molecular formula is C13H20N4O3S. The lowest BCUT2D eigenvalue weighted by molar-refractivity contribution is 0.121. The molecule has 2 aliphatic rings. The molecule has 3 rings (SSSR count).